The van der Waals surface area contributed by atoms with Gasteiger partial charge >= 0.3 is 5.97 Å². The fraction of sp³-hybridized carbons (Fsp3) is 0.364. The summed E-state index contributed by atoms with van der Waals surface area (Å²) in [5.74, 6) is -3.65. The van der Waals surface area contributed by atoms with E-state index in [9.17, 15) is 13.6 Å². The maximum Gasteiger partial charge on any atom is 0.311 e. The van der Waals surface area contributed by atoms with E-state index in [0.29, 0.717) is 0 Å². The molecule has 0 aromatic heterocycles. The van der Waals surface area contributed by atoms with Crippen molar-refractivity contribution in [3.05, 3.63) is 35.4 Å². The van der Waals surface area contributed by atoms with Crippen LogP contribution in [0.4, 0.5) is 8.78 Å². The molecule has 0 saturated heterocycles. The van der Waals surface area contributed by atoms with Gasteiger partial charge in [0.05, 0.1) is 5.92 Å². The van der Waals surface area contributed by atoms with Crippen LogP contribution in [0.15, 0.2) is 18.2 Å². The molecule has 1 aromatic carbocycles. The van der Waals surface area contributed by atoms with Crippen molar-refractivity contribution in [3.8, 4) is 0 Å². The molecule has 0 saturated carbocycles. The molecule has 0 aliphatic rings. The van der Waals surface area contributed by atoms with Gasteiger partial charge in [-0.2, -0.15) is 0 Å². The van der Waals surface area contributed by atoms with Crippen LogP contribution in [0.25, 0.3) is 0 Å². The molecule has 16 heavy (non-hydrogen) atoms. The van der Waals surface area contributed by atoms with Crippen molar-refractivity contribution in [2.45, 2.75) is 12.3 Å². The van der Waals surface area contributed by atoms with Crippen molar-refractivity contribution >= 4 is 5.97 Å². The van der Waals surface area contributed by atoms with Crippen molar-refractivity contribution in [3.63, 3.8) is 0 Å². The summed E-state index contributed by atoms with van der Waals surface area (Å²) >= 11 is 0. The number of benzene rings is 1. The van der Waals surface area contributed by atoms with Gasteiger partial charge in [-0.1, -0.05) is 0 Å². The van der Waals surface area contributed by atoms with Crippen LogP contribution in [-0.2, 0) is 9.53 Å². The molecule has 3 nitrogen and oxygen atoms in total. The lowest BCUT2D eigenvalue weighted by Gasteiger charge is -2.13. The van der Waals surface area contributed by atoms with E-state index in [2.05, 4.69) is 0 Å². The minimum absolute atomic E-state index is 0.103. The Morgan fingerprint density at radius 2 is 2.19 bits per heavy atom. The van der Waals surface area contributed by atoms with Crippen molar-refractivity contribution < 1.29 is 23.4 Å². The highest BCUT2D eigenvalue weighted by Gasteiger charge is 2.23. The molecule has 1 N–H and O–H groups in total. The Morgan fingerprint density at radius 3 is 2.75 bits per heavy atom. The summed E-state index contributed by atoms with van der Waals surface area (Å²) < 4.78 is 31.0. The Kier molecular flexibility index (Phi) is 4.37. The van der Waals surface area contributed by atoms with Gasteiger partial charge in [-0.25, -0.2) is 8.78 Å². The Labute approximate surface area is 91.7 Å². The predicted octanol–water partition coefficient (Wildman–Crippen LogP) is 2.17. The van der Waals surface area contributed by atoms with Gasteiger partial charge in [-0.3, -0.25) is 4.79 Å². The van der Waals surface area contributed by atoms with Crippen LogP contribution in [0.3, 0.4) is 0 Å². The number of carboxylic acid groups (broad SMARTS) is 1. The van der Waals surface area contributed by atoms with Crippen LogP contribution in [0.2, 0.25) is 0 Å². The molecule has 1 atom stereocenters. The van der Waals surface area contributed by atoms with Crippen LogP contribution in [0.5, 0.6) is 0 Å². The molecule has 0 bridgehead atoms. The minimum Gasteiger partial charge on any atom is -0.481 e. The molecule has 0 fully saturated rings. The summed E-state index contributed by atoms with van der Waals surface area (Å²) in [5, 5.41) is 8.92. The zero-order valence-electron chi connectivity index (χ0n) is 8.74. The summed E-state index contributed by atoms with van der Waals surface area (Å²) in [6.45, 7) is 0.174. The van der Waals surface area contributed by atoms with E-state index < -0.39 is 23.5 Å². The molecule has 1 unspecified atom stereocenters. The molecule has 1 aromatic rings. The standard InChI is InChI=1S/C11H12F2O3/c1-16-5-4-8(11(14)15)9-6-7(12)2-3-10(9)13/h2-3,6,8H,4-5H2,1H3,(H,14,15). The first-order valence-electron chi connectivity index (χ1n) is 4.73. The van der Waals surface area contributed by atoms with Gasteiger partial charge in [0, 0.05) is 19.3 Å². The number of hydrogen-bond acceptors (Lipinski definition) is 2. The second-order valence-electron chi connectivity index (χ2n) is 3.34. The van der Waals surface area contributed by atoms with E-state index in [4.69, 9.17) is 9.84 Å². The van der Waals surface area contributed by atoms with Gasteiger partial charge in [-0.15, -0.1) is 0 Å². The van der Waals surface area contributed by atoms with Gasteiger partial charge in [-0.05, 0) is 24.6 Å². The smallest absolute Gasteiger partial charge is 0.311 e. The van der Waals surface area contributed by atoms with Gasteiger partial charge < -0.3 is 9.84 Å². The lowest BCUT2D eigenvalue weighted by Crippen LogP contribution is -2.15. The maximum atomic E-state index is 13.3. The number of hydrogen-bond donors (Lipinski definition) is 1. The maximum absolute atomic E-state index is 13.3. The Hall–Kier alpha value is -1.49. The van der Waals surface area contributed by atoms with Gasteiger partial charge in [0.2, 0.25) is 0 Å². The first kappa shape index (κ1) is 12.6. The van der Waals surface area contributed by atoms with Crippen molar-refractivity contribution in [2.24, 2.45) is 0 Å². The number of methoxy groups -OCH3 is 1. The molecule has 5 heteroatoms. The van der Waals surface area contributed by atoms with Crippen molar-refractivity contribution in [1.82, 2.24) is 0 Å². The molecule has 1 rings (SSSR count). The van der Waals surface area contributed by atoms with Crippen LogP contribution < -0.4 is 0 Å². The summed E-state index contributed by atoms with van der Waals surface area (Å²) in [7, 11) is 1.42. The van der Waals surface area contributed by atoms with E-state index in [0.717, 1.165) is 18.2 Å². The van der Waals surface area contributed by atoms with Crippen LogP contribution in [0, 0.1) is 11.6 Å². The third kappa shape index (κ3) is 3.00. The number of rotatable bonds is 5. The van der Waals surface area contributed by atoms with E-state index in [-0.39, 0.29) is 18.6 Å². The average Bonchev–Trinajstić information content (AvgIpc) is 2.23. The highest BCUT2D eigenvalue weighted by atomic mass is 19.1. The minimum atomic E-state index is -1.19. The lowest BCUT2D eigenvalue weighted by atomic mass is 9.95. The zero-order valence-corrected chi connectivity index (χ0v) is 8.74. The number of aliphatic carboxylic acids is 1. The predicted molar refractivity (Wildman–Crippen MR) is 53.2 cm³/mol. The van der Waals surface area contributed by atoms with E-state index in [1.165, 1.54) is 7.11 Å². The normalized spacial score (nSPS) is 12.4. The number of carbonyl (C=O) groups is 1. The zero-order chi connectivity index (χ0) is 12.1. The molecule has 0 aliphatic carbocycles. The second-order valence-corrected chi connectivity index (χ2v) is 3.34. The Bertz CT molecular complexity index is 379. The number of carboxylic acids is 1. The average molecular weight is 230 g/mol. The molecule has 88 valence electrons. The topological polar surface area (TPSA) is 46.5 Å². The van der Waals surface area contributed by atoms with E-state index in [1.54, 1.807) is 0 Å². The third-order valence-corrected chi connectivity index (χ3v) is 2.24. The first-order valence-corrected chi connectivity index (χ1v) is 4.73. The van der Waals surface area contributed by atoms with Gasteiger partial charge in [0.25, 0.3) is 0 Å². The number of ether oxygens (including phenoxy) is 1. The Morgan fingerprint density at radius 1 is 1.50 bits per heavy atom. The second kappa shape index (κ2) is 5.55. The molecular formula is C11H12F2O3. The largest absolute Gasteiger partial charge is 0.481 e. The van der Waals surface area contributed by atoms with E-state index in [1.807, 2.05) is 0 Å². The van der Waals surface area contributed by atoms with E-state index >= 15 is 0 Å². The first-order chi connectivity index (χ1) is 7.56. The van der Waals surface area contributed by atoms with Crippen molar-refractivity contribution in [1.29, 1.82) is 0 Å². The number of halogens is 2. The Balaban J connectivity index is 3.00. The molecule has 0 heterocycles. The van der Waals surface area contributed by atoms with Crippen LogP contribution in [-0.4, -0.2) is 24.8 Å². The third-order valence-electron chi connectivity index (χ3n) is 2.24. The van der Waals surface area contributed by atoms with Gasteiger partial charge in [0.1, 0.15) is 11.6 Å². The molecule has 0 radical (unpaired) electrons. The fourth-order valence-corrected chi connectivity index (χ4v) is 1.43. The SMILES string of the molecule is COCCC(C(=O)O)c1cc(F)ccc1F. The summed E-state index contributed by atoms with van der Waals surface area (Å²) in [6, 6.07) is 2.78. The summed E-state index contributed by atoms with van der Waals surface area (Å²) in [6.07, 6.45) is 0.103. The van der Waals surface area contributed by atoms with Crippen LogP contribution >= 0.6 is 0 Å². The highest BCUT2D eigenvalue weighted by Crippen LogP contribution is 2.23. The molecule has 0 spiro atoms. The lowest BCUT2D eigenvalue weighted by molar-refractivity contribution is -0.139. The fourth-order valence-electron chi connectivity index (χ4n) is 1.43. The quantitative estimate of drug-likeness (QED) is 0.843. The molecular weight excluding hydrogens is 218 g/mol. The molecule has 0 amide bonds. The van der Waals surface area contributed by atoms with Gasteiger partial charge in [0.15, 0.2) is 0 Å². The summed E-state index contributed by atoms with van der Waals surface area (Å²) in [5.41, 5.74) is -0.149. The van der Waals surface area contributed by atoms with Crippen molar-refractivity contribution in [2.75, 3.05) is 13.7 Å². The highest BCUT2D eigenvalue weighted by molar-refractivity contribution is 5.76. The summed E-state index contributed by atoms with van der Waals surface area (Å²) in [4.78, 5) is 10.9. The monoisotopic (exact) mass is 230 g/mol. The molecule has 0 aliphatic heterocycles. The van der Waals surface area contributed by atoms with Crippen LogP contribution in [0.1, 0.15) is 17.9 Å².